The maximum atomic E-state index is 10.6. The van der Waals surface area contributed by atoms with E-state index < -0.39 is 10.1 Å². The summed E-state index contributed by atoms with van der Waals surface area (Å²) in [4.78, 5) is 0. The van der Waals surface area contributed by atoms with E-state index in [1.54, 1.807) is 17.1 Å². The maximum Gasteiger partial charge on any atom is 0.268 e. The number of allylic oxidation sites excluding steroid dienone is 3. The summed E-state index contributed by atoms with van der Waals surface area (Å²) >= 11 is 0. The first kappa shape index (κ1) is 11.9. The van der Waals surface area contributed by atoms with E-state index in [2.05, 4.69) is 5.73 Å². The minimum atomic E-state index is -3.90. The van der Waals surface area contributed by atoms with Crippen LogP contribution in [0.5, 0.6) is 0 Å². The van der Waals surface area contributed by atoms with Crippen LogP contribution in [0.15, 0.2) is 48.3 Å². The van der Waals surface area contributed by atoms with Crippen molar-refractivity contribution in [1.29, 1.82) is 0 Å². The van der Waals surface area contributed by atoms with Crippen molar-refractivity contribution in [2.45, 2.75) is 13.1 Å². The lowest BCUT2D eigenvalue weighted by Crippen LogP contribution is -2.31. The molecule has 90 valence electrons. The Morgan fingerprint density at radius 3 is 2.94 bits per heavy atom. The van der Waals surface area contributed by atoms with Crippen molar-refractivity contribution in [1.82, 2.24) is 4.57 Å². The summed E-state index contributed by atoms with van der Waals surface area (Å²) in [5.74, 6) is -0.274. The Kier molecular flexibility index (Phi) is 3.28. The third kappa shape index (κ3) is 3.71. The molecule has 1 aromatic heterocycles. The number of imidazole rings is 1. The molecule has 0 saturated heterocycles. The molecule has 1 N–H and O–H groups in total. The van der Waals surface area contributed by atoms with Crippen molar-refractivity contribution in [2.75, 3.05) is 5.75 Å². The zero-order valence-corrected chi connectivity index (χ0v) is 9.97. The Hall–Kier alpha value is -1.62. The Morgan fingerprint density at radius 1 is 1.47 bits per heavy atom. The molecule has 0 radical (unpaired) electrons. The van der Waals surface area contributed by atoms with Gasteiger partial charge in [0.25, 0.3) is 10.1 Å². The molecular formula is C11H13N2O3S+. The molecule has 5 nitrogen and oxygen atoms in total. The number of aromatic nitrogens is 2. The van der Waals surface area contributed by atoms with E-state index in [4.69, 9.17) is 4.55 Å². The monoisotopic (exact) mass is 253 g/mol. The number of aryl methyl sites for hydroxylation is 1. The second-order valence-corrected chi connectivity index (χ2v) is 5.38. The van der Waals surface area contributed by atoms with Crippen LogP contribution in [0.4, 0.5) is 0 Å². The minimum Gasteiger partial charge on any atom is -0.285 e. The summed E-state index contributed by atoms with van der Waals surface area (Å²) < 4.78 is 33.5. The van der Waals surface area contributed by atoms with Crippen molar-refractivity contribution in [3.05, 3.63) is 48.3 Å². The third-order valence-electron chi connectivity index (χ3n) is 2.37. The van der Waals surface area contributed by atoms with E-state index >= 15 is 0 Å². The van der Waals surface area contributed by atoms with Gasteiger partial charge in [-0.25, -0.2) is 9.13 Å². The van der Waals surface area contributed by atoms with Crippen molar-refractivity contribution < 1.29 is 17.5 Å². The van der Waals surface area contributed by atoms with Crippen LogP contribution in [0.25, 0.3) is 0 Å². The molecule has 0 amide bonds. The van der Waals surface area contributed by atoms with Gasteiger partial charge in [0.2, 0.25) is 6.33 Å². The summed E-state index contributed by atoms with van der Waals surface area (Å²) in [5, 5.41) is 0. The lowest BCUT2D eigenvalue weighted by molar-refractivity contribution is -0.688. The zero-order valence-electron chi connectivity index (χ0n) is 9.15. The second-order valence-electron chi connectivity index (χ2n) is 3.81. The Morgan fingerprint density at radius 2 is 2.29 bits per heavy atom. The molecule has 1 aliphatic carbocycles. The van der Waals surface area contributed by atoms with Crippen LogP contribution in [0, 0.1) is 0 Å². The Bertz CT molecular complexity index is 604. The molecule has 1 heterocycles. The van der Waals surface area contributed by atoms with Gasteiger partial charge in [-0.2, -0.15) is 8.42 Å². The van der Waals surface area contributed by atoms with Gasteiger partial charge >= 0.3 is 0 Å². The van der Waals surface area contributed by atoms with Gasteiger partial charge < -0.3 is 0 Å². The van der Waals surface area contributed by atoms with Gasteiger partial charge in [0, 0.05) is 5.57 Å². The van der Waals surface area contributed by atoms with Crippen LogP contribution < -0.4 is 4.57 Å². The second kappa shape index (κ2) is 4.71. The molecule has 0 aliphatic heterocycles. The highest BCUT2D eigenvalue weighted by atomic mass is 32.2. The fourth-order valence-corrected chi connectivity index (χ4v) is 1.99. The molecule has 0 aromatic carbocycles. The first-order valence-electron chi connectivity index (χ1n) is 5.15. The largest absolute Gasteiger partial charge is 0.285 e. The topological polar surface area (TPSA) is 63.2 Å². The van der Waals surface area contributed by atoms with Crippen molar-refractivity contribution in [2.24, 2.45) is 0 Å². The first-order chi connectivity index (χ1) is 8.03. The van der Waals surface area contributed by atoms with E-state index in [0.29, 0.717) is 6.54 Å². The highest BCUT2D eigenvalue weighted by molar-refractivity contribution is 7.85. The molecule has 0 bridgehead atoms. The van der Waals surface area contributed by atoms with Crippen LogP contribution in [-0.4, -0.2) is 23.3 Å². The molecule has 2 rings (SSSR count). The van der Waals surface area contributed by atoms with Gasteiger partial charge in [0.1, 0.15) is 31.2 Å². The molecule has 0 saturated carbocycles. The predicted molar refractivity (Wildman–Crippen MR) is 61.8 cm³/mol. The first-order valence-corrected chi connectivity index (χ1v) is 6.76. The van der Waals surface area contributed by atoms with Gasteiger partial charge in [0.15, 0.2) is 0 Å². The van der Waals surface area contributed by atoms with Crippen molar-refractivity contribution in [3.8, 4) is 0 Å². The van der Waals surface area contributed by atoms with Gasteiger partial charge in [-0.15, -0.1) is 5.73 Å². The average molecular weight is 253 g/mol. The number of nitrogens with zero attached hydrogens (tertiary/aromatic N) is 2. The summed E-state index contributed by atoms with van der Waals surface area (Å²) in [7, 11) is -3.90. The smallest absolute Gasteiger partial charge is 0.268 e. The van der Waals surface area contributed by atoms with Crippen LogP contribution >= 0.6 is 0 Å². The molecule has 0 fully saturated rings. The fourth-order valence-electron chi connectivity index (χ4n) is 1.55. The Labute approximate surface area is 99.8 Å². The van der Waals surface area contributed by atoms with Crippen molar-refractivity contribution >= 4 is 10.1 Å². The van der Waals surface area contributed by atoms with Gasteiger partial charge in [-0.05, 0) is 12.2 Å². The SMILES string of the molecule is O=S(=O)(O)CCn1cc[n+](CC2=C=CC=C2)c1. The summed E-state index contributed by atoms with van der Waals surface area (Å²) in [6, 6.07) is 0. The average Bonchev–Trinajstić information content (AvgIpc) is 2.86. The van der Waals surface area contributed by atoms with E-state index in [-0.39, 0.29) is 12.3 Å². The number of rotatable bonds is 5. The lowest BCUT2D eigenvalue weighted by Gasteiger charge is -1.94. The number of hydrogen-bond acceptors (Lipinski definition) is 2. The molecule has 6 heteroatoms. The van der Waals surface area contributed by atoms with E-state index in [1.165, 1.54) is 0 Å². The summed E-state index contributed by atoms with van der Waals surface area (Å²) in [5.41, 5.74) is 4.16. The highest BCUT2D eigenvalue weighted by Crippen LogP contribution is 2.01. The molecule has 17 heavy (non-hydrogen) atoms. The van der Waals surface area contributed by atoms with E-state index in [1.807, 2.05) is 29.0 Å². The van der Waals surface area contributed by atoms with Gasteiger partial charge in [-0.3, -0.25) is 4.55 Å². The van der Waals surface area contributed by atoms with Gasteiger partial charge in [-0.1, -0.05) is 6.08 Å². The van der Waals surface area contributed by atoms with Gasteiger partial charge in [0.05, 0.1) is 0 Å². The standard InChI is InChI=1S/C11H12N2O3S/c14-17(15,16)8-7-12-5-6-13(10-12)9-11-3-1-2-4-11/h1-3,5-6,10H,7-9H2/p+1. The predicted octanol–water partition coefficient (Wildman–Crippen LogP) is 0.315. The van der Waals surface area contributed by atoms with Crippen LogP contribution in [0.2, 0.25) is 0 Å². The lowest BCUT2D eigenvalue weighted by atomic mass is 10.3. The normalized spacial score (nSPS) is 14.3. The summed E-state index contributed by atoms with van der Waals surface area (Å²) in [6.45, 7) is 0.947. The molecular weight excluding hydrogens is 240 g/mol. The molecule has 1 aromatic rings. The van der Waals surface area contributed by atoms with E-state index in [0.717, 1.165) is 5.57 Å². The summed E-state index contributed by atoms with van der Waals surface area (Å²) in [6.07, 6.45) is 11.2. The highest BCUT2D eigenvalue weighted by Gasteiger charge is 2.10. The van der Waals surface area contributed by atoms with Crippen LogP contribution in [0.1, 0.15) is 0 Å². The Balaban J connectivity index is 1.96. The zero-order chi connectivity index (χ0) is 12.3. The molecule has 0 spiro atoms. The fraction of sp³-hybridized carbons (Fsp3) is 0.273. The number of hydrogen-bond donors (Lipinski definition) is 1. The maximum absolute atomic E-state index is 10.6. The molecule has 0 atom stereocenters. The third-order valence-corrected chi connectivity index (χ3v) is 3.07. The minimum absolute atomic E-state index is 0.247. The van der Waals surface area contributed by atoms with Crippen molar-refractivity contribution in [3.63, 3.8) is 0 Å². The van der Waals surface area contributed by atoms with Crippen LogP contribution in [-0.2, 0) is 23.2 Å². The molecule has 1 aliphatic rings. The quantitative estimate of drug-likeness (QED) is 0.467. The van der Waals surface area contributed by atoms with Crippen LogP contribution in [0.3, 0.4) is 0 Å². The van der Waals surface area contributed by atoms with E-state index in [9.17, 15) is 8.42 Å². The molecule has 0 unspecified atom stereocenters.